The van der Waals surface area contributed by atoms with E-state index in [2.05, 4.69) is 11.9 Å². The molecule has 0 aliphatic heterocycles. The van der Waals surface area contributed by atoms with Crippen LogP contribution < -0.4 is 5.32 Å². The lowest BCUT2D eigenvalue weighted by molar-refractivity contribution is 0.00396. The highest BCUT2D eigenvalue weighted by atomic mass is 16.3. The highest BCUT2D eigenvalue weighted by Crippen LogP contribution is 2.19. The van der Waals surface area contributed by atoms with Crippen molar-refractivity contribution in [3.05, 3.63) is 12.3 Å². The SMILES string of the molecule is C=C(C)NCC(C)C(C)(O)CC. The van der Waals surface area contributed by atoms with Gasteiger partial charge in [-0.25, -0.2) is 0 Å². The highest BCUT2D eigenvalue weighted by molar-refractivity contribution is 4.88. The van der Waals surface area contributed by atoms with Gasteiger partial charge in [0.05, 0.1) is 5.60 Å². The van der Waals surface area contributed by atoms with Crippen LogP contribution in [0.5, 0.6) is 0 Å². The van der Waals surface area contributed by atoms with E-state index in [1.54, 1.807) is 0 Å². The van der Waals surface area contributed by atoms with Crippen LogP contribution in [0.15, 0.2) is 12.3 Å². The minimum absolute atomic E-state index is 0.249. The molecule has 0 saturated heterocycles. The van der Waals surface area contributed by atoms with Gasteiger partial charge in [0.25, 0.3) is 0 Å². The van der Waals surface area contributed by atoms with Gasteiger partial charge in [0.15, 0.2) is 0 Å². The maximum absolute atomic E-state index is 9.83. The second-order valence-electron chi connectivity index (χ2n) is 3.77. The van der Waals surface area contributed by atoms with Crippen LogP contribution in [0.25, 0.3) is 0 Å². The molecule has 0 bridgehead atoms. The first-order valence-corrected chi connectivity index (χ1v) is 4.52. The highest BCUT2D eigenvalue weighted by Gasteiger charge is 2.25. The molecular formula is C10H21NO. The summed E-state index contributed by atoms with van der Waals surface area (Å²) in [5.41, 5.74) is 0.386. The van der Waals surface area contributed by atoms with Crippen LogP contribution in [-0.4, -0.2) is 17.3 Å². The summed E-state index contributed by atoms with van der Waals surface area (Å²) in [5, 5.41) is 13.0. The molecule has 2 atom stereocenters. The van der Waals surface area contributed by atoms with Crippen molar-refractivity contribution in [3.8, 4) is 0 Å². The zero-order chi connectivity index (χ0) is 9.78. The predicted octanol–water partition coefficient (Wildman–Crippen LogP) is 1.91. The Morgan fingerprint density at radius 2 is 2.17 bits per heavy atom. The van der Waals surface area contributed by atoms with Crippen LogP contribution in [-0.2, 0) is 0 Å². The molecule has 2 unspecified atom stereocenters. The van der Waals surface area contributed by atoms with Gasteiger partial charge >= 0.3 is 0 Å². The Morgan fingerprint density at radius 1 is 1.67 bits per heavy atom. The van der Waals surface area contributed by atoms with E-state index in [1.807, 2.05) is 27.7 Å². The first kappa shape index (κ1) is 11.5. The summed E-state index contributed by atoms with van der Waals surface area (Å²) < 4.78 is 0. The fourth-order valence-corrected chi connectivity index (χ4v) is 0.896. The number of rotatable bonds is 5. The van der Waals surface area contributed by atoms with Gasteiger partial charge in [-0.05, 0) is 20.3 Å². The Labute approximate surface area is 75.7 Å². The second kappa shape index (κ2) is 4.51. The number of allylic oxidation sites excluding steroid dienone is 1. The van der Waals surface area contributed by atoms with E-state index >= 15 is 0 Å². The third-order valence-corrected chi connectivity index (χ3v) is 2.49. The van der Waals surface area contributed by atoms with Crippen molar-refractivity contribution in [2.75, 3.05) is 6.54 Å². The summed E-state index contributed by atoms with van der Waals surface area (Å²) in [4.78, 5) is 0. The molecule has 2 heteroatoms. The molecule has 0 rings (SSSR count). The second-order valence-corrected chi connectivity index (χ2v) is 3.77. The monoisotopic (exact) mass is 171 g/mol. The van der Waals surface area contributed by atoms with Gasteiger partial charge in [-0.2, -0.15) is 0 Å². The molecule has 72 valence electrons. The topological polar surface area (TPSA) is 32.3 Å². The molecule has 0 aromatic rings. The van der Waals surface area contributed by atoms with E-state index in [1.165, 1.54) is 0 Å². The number of nitrogens with one attached hydrogen (secondary N) is 1. The first-order valence-electron chi connectivity index (χ1n) is 4.52. The van der Waals surface area contributed by atoms with E-state index in [0.717, 1.165) is 18.7 Å². The van der Waals surface area contributed by atoms with Crippen LogP contribution in [0, 0.1) is 5.92 Å². The van der Waals surface area contributed by atoms with Crippen molar-refractivity contribution in [3.63, 3.8) is 0 Å². The zero-order valence-electron chi connectivity index (χ0n) is 8.65. The predicted molar refractivity (Wildman–Crippen MR) is 52.9 cm³/mol. The van der Waals surface area contributed by atoms with Gasteiger partial charge in [0.1, 0.15) is 0 Å². The Morgan fingerprint density at radius 3 is 2.50 bits per heavy atom. The number of aliphatic hydroxyl groups is 1. The normalized spacial score (nSPS) is 18.1. The molecule has 0 fully saturated rings. The molecule has 0 saturated carbocycles. The lowest BCUT2D eigenvalue weighted by Gasteiger charge is -2.29. The van der Waals surface area contributed by atoms with Crippen molar-refractivity contribution < 1.29 is 5.11 Å². The third-order valence-electron chi connectivity index (χ3n) is 2.49. The van der Waals surface area contributed by atoms with Gasteiger partial charge < -0.3 is 10.4 Å². The summed E-state index contributed by atoms with van der Waals surface area (Å²) in [5.74, 6) is 0.249. The van der Waals surface area contributed by atoms with E-state index in [0.29, 0.717) is 0 Å². The van der Waals surface area contributed by atoms with Gasteiger partial charge in [-0.15, -0.1) is 0 Å². The summed E-state index contributed by atoms with van der Waals surface area (Å²) in [6.07, 6.45) is 0.784. The Bertz CT molecular complexity index is 152. The van der Waals surface area contributed by atoms with Gasteiger partial charge in [-0.1, -0.05) is 20.4 Å². The van der Waals surface area contributed by atoms with Crippen LogP contribution in [0.1, 0.15) is 34.1 Å². The summed E-state index contributed by atoms with van der Waals surface area (Å²) >= 11 is 0. The standard InChI is InChI=1S/C10H21NO/c1-6-10(5,12)9(4)7-11-8(2)3/h9,11-12H,2,6-7H2,1,3-5H3. The van der Waals surface area contributed by atoms with E-state index < -0.39 is 5.60 Å². The molecule has 12 heavy (non-hydrogen) atoms. The summed E-state index contributed by atoms with van der Waals surface area (Å²) in [6, 6.07) is 0. The van der Waals surface area contributed by atoms with Crippen molar-refractivity contribution >= 4 is 0 Å². The summed E-state index contributed by atoms with van der Waals surface area (Å²) in [7, 11) is 0. The van der Waals surface area contributed by atoms with Crippen LogP contribution in [0.2, 0.25) is 0 Å². The Hall–Kier alpha value is -0.500. The van der Waals surface area contributed by atoms with Crippen LogP contribution in [0.4, 0.5) is 0 Å². The molecule has 0 spiro atoms. The van der Waals surface area contributed by atoms with Gasteiger partial charge in [-0.3, -0.25) is 0 Å². The van der Waals surface area contributed by atoms with E-state index in [-0.39, 0.29) is 5.92 Å². The van der Waals surface area contributed by atoms with E-state index in [9.17, 15) is 5.11 Å². The minimum Gasteiger partial charge on any atom is -0.390 e. The van der Waals surface area contributed by atoms with Gasteiger partial charge in [0, 0.05) is 18.2 Å². The molecule has 0 aliphatic rings. The molecule has 0 amide bonds. The average Bonchev–Trinajstić information content (AvgIpc) is 2.00. The van der Waals surface area contributed by atoms with Crippen LogP contribution in [0.3, 0.4) is 0 Å². The molecular weight excluding hydrogens is 150 g/mol. The van der Waals surface area contributed by atoms with E-state index in [4.69, 9.17) is 0 Å². The minimum atomic E-state index is -0.567. The quantitative estimate of drug-likeness (QED) is 0.662. The molecule has 0 aliphatic carbocycles. The average molecular weight is 171 g/mol. The smallest absolute Gasteiger partial charge is 0.0659 e. The Balaban J connectivity index is 3.86. The fraction of sp³-hybridized carbons (Fsp3) is 0.800. The zero-order valence-corrected chi connectivity index (χ0v) is 8.65. The van der Waals surface area contributed by atoms with Crippen molar-refractivity contribution in [2.24, 2.45) is 5.92 Å². The maximum atomic E-state index is 9.83. The Kier molecular flexibility index (Phi) is 4.32. The number of hydrogen-bond donors (Lipinski definition) is 2. The van der Waals surface area contributed by atoms with Crippen molar-refractivity contribution in [1.82, 2.24) is 5.32 Å². The summed E-state index contributed by atoms with van der Waals surface area (Å²) in [6.45, 7) is 12.4. The fourth-order valence-electron chi connectivity index (χ4n) is 0.896. The molecule has 0 heterocycles. The molecule has 0 radical (unpaired) electrons. The largest absolute Gasteiger partial charge is 0.390 e. The maximum Gasteiger partial charge on any atom is 0.0659 e. The number of hydrogen-bond acceptors (Lipinski definition) is 2. The third kappa shape index (κ3) is 3.77. The molecule has 0 aromatic carbocycles. The first-order chi connectivity index (χ1) is 5.40. The van der Waals surface area contributed by atoms with Gasteiger partial charge in [0.2, 0.25) is 0 Å². The molecule has 0 aromatic heterocycles. The van der Waals surface area contributed by atoms with Crippen molar-refractivity contribution in [1.29, 1.82) is 0 Å². The molecule has 2 N–H and O–H groups in total. The molecule has 2 nitrogen and oxygen atoms in total. The lowest BCUT2D eigenvalue weighted by Crippen LogP contribution is -2.38. The van der Waals surface area contributed by atoms with Crippen LogP contribution >= 0.6 is 0 Å². The van der Waals surface area contributed by atoms with Crippen molar-refractivity contribution in [2.45, 2.75) is 39.7 Å². The lowest BCUT2D eigenvalue weighted by atomic mass is 9.88.